The van der Waals surface area contributed by atoms with Gasteiger partial charge in [-0.2, -0.15) is 5.26 Å². The van der Waals surface area contributed by atoms with Gasteiger partial charge in [-0.05, 0) is 56.7 Å². The Labute approximate surface area is 195 Å². The molecule has 2 aromatic heterocycles. The molecule has 4 rings (SSSR count). The summed E-state index contributed by atoms with van der Waals surface area (Å²) in [5, 5.41) is 23.6. The maximum Gasteiger partial charge on any atom is 0.159 e. The molecule has 2 heterocycles. The number of nitrogens with one attached hydrogen (secondary N) is 1. The van der Waals surface area contributed by atoms with Gasteiger partial charge in [0.1, 0.15) is 11.4 Å². The first kappa shape index (κ1) is 22.6. The maximum atomic E-state index is 14.3. The van der Waals surface area contributed by atoms with Gasteiger partial charge in [0.2, 0.25) is 0 Å². The Morgan fingerprint density at radius 3 is 2.52 bits per heavy atom. The lowest BCUT2D eigenvalue weighted by atomic mass is 10.0. The number of rotatable bonds is 5. The number of nitrogens with zero attached hydrogens (tertiary/aromatic N) is 4. The number of benzene rings is 2. The molecule has 0 aliphatic heterocycles. The molecule has 0 unspecified atom stereocenters. The summed E-state index contributed by atoms with van der Waals surface area (Å²) in [6.45, 7) is 5.20. The Bertz CT molecular complexity index is 1390. The Morgan fingerprint density at radius 1 is 1.12 bits per heavy atom. The summed E-state index contributed by atoms with van der Waals surface area (Å²) < 4.78 is 14.3. The minimum atomic E-state index is -1.13. The first-order chi connectivity index (χ1) is 15.7. The SMILES string of the molecule is Cc1nc2ccc(-c3cnc(C(C)(C)O)nc3)cc2c(NCc2cc(C#N)ccc2F)c1Cl. The van der Waals surface area contributed by atoms with Gasteiger partial charge in [-0.1, -0.05) is 17.7 Å². The van der Waals surface area contributed by atoms with Gasteiger partial charge >= 0.3 is 0 Å². The van der Waals surface area contributed by atoms with E-state index in [4.69, 9.17) is 16.9 Å². The molecular weight excluding hydrogens is 441 g/mol. The fourth-order valence-electron chi connectivity index (χ4n) is 3.47. The molecule has 0 amide bonds. The van der Waals surface area contributed by atoms with Crippen molar-refractivity contribution in [1.82, 2.24) is 15.0 Å². The third-order valence-corrected chi connectivity index (χ3v) is 5.72. The monoisotopic (exact) mass is 461 g/mol. The number of halogens is 2. The molecule has 2 aromatic carbocycles. The summed E-state index contributed by atoms with van der Waals surface area (Å²) in [6.07, 6.45) is 3.31. The molecule has 4 aromatic rings. The number of fused-ring (bicyclic) bond motifs is 1. The van der Waals surface area contributed by atoms with Crippen LogP contribution in [0, 0.1) is 24.1 Å². The summed E-state index contributed by atoms with van der Waals surface area (Å²) in [7, 11) is 0. The fraction of sp³-hybridized carbons (Fsp3) is 0.200. The van der Waals surface area contributed by atoms with Crippen molar-refractivity contribution in [3.05, 3.63) is 82.3 Å². The molecule has 2 N–H and O–H groups in total. The lowest BCUT2D eigenvalue weighted by Crippen LogP contribution is -2.19. The molecule has 0 bridgehead atoms. The van der Waals surface area contributed by atoms with Crippen LogP contribution in [0.25, 0.3) is 22.0 Å². The summed E-state index contributed by atoms with van der Waals surface area (Å²) in [4.78, 5) is 13.1. The van der Waals surface area contributed by atoms with E-state index in [2.05, 4.69) is 20.3 Å². The van der Waals surface area contributed by atoms with Crippen LogP contribution in [0.4, 0.5) is 10.1 Å². The van der Waals surface area contributed by atoms with E-state index in [1.54, 1.807) is 33.2 Å². The highest BCUT2D eigenvalue weighted by molar-refractivity contribution is 6.35. The average Bonchev–Trinajstić information content (AvgIpc) is 2.79. The van der Waals surface area contributed by atoms with E-state index in [0.717, 1.165) is 22.0 Å². The summed E-state index contributed by atoms with van der Waals surface area (Å²) in [5.41, 5.74) is 3.20. The molecule has 0 saturated heterocycles. The number of aryl methyl sites for hydroxylation is 1. The van der Waals surface area contributed by atoms with E-state index in [1.807, 2.05) is 24.3 Å². The number of pyridine rings is 1. The second kappa shape index (κ2) is 8.74. The number of aliphatic hydroxyl groups is 1. The van der Waals surface area contributed by atoms with Crippen LogP contribution >= 0.6 is 11.6 Å². The normalized spacial score (nSPS) is 11.4. The molecule has 8 heteroatoms. The van der Waals surface area contributed by atoms with Gasteiger partial charge in [0.25, 0.3) is 0 Å². The molecule has 0 aliphatic carbocycles. The molecule has 0 fully saturated rings. The average molecular weight is 462 g/mol. The molecule has 6 nitrogen and oxygen atoms in total. The van der Waals surface area contributed by atoms with Crippen LogP contribution in [0.5, 0.6) is 0 Å². The highest BCUT2D eigenvalue weighted by Gasteiger charge is 2.19. The first-order valence-corrected chi connectivity index (χ1v) is 10.6. The number of hydrogen-bond acceptors (Lipinski definition) is 6. The number of nitriles is 1. The fourth-order valence-corrected chi connectivity index (χ4v) is 3.68. The van der Waals surface area contributed by atoms with Crippen molar-refractivity contribution in [1.29, 1.82) is 5.26 Å². The first-order valence-electron chi connectivity index (χ1n) is 10.2. The van der Waals surface area contributed by atoms with Gasteiger partial charge in [-0.25, -0.2) is 14.4 Å². The van der Waals surface area contributed by atoms with Gasteiger partial charge < -0.3 is 10.4 Å². The second-order valence-electron chi connectivity index (χ2n) is 8.24. The highest BCUT2D eigenvalue weighted by Crippen LogP contribution is 2.35. The molecule has 33 heavy (non-hydrogen) atoms. The number of anilines is 1. The zero-order chi connectivity index (χ0) is 23.8. The van der Waals surface area contributed by atoms with Crippen molar-refractivity contribution < 1.29 is 9.50 Å². The van der Waals surface area contributed by atoms with Crippen molar-refractivity contribution >= 4 is 28.2 Å². The Hall–Kier alpha value is -3.60. The second-order valence-corrected chi connectivity index (χ2v) is 8.62. The van der Waals surface area contributed by atoms with Gasteiger partial charge in [-0.15, -0.1) is 0 Å². The largest absolute Gasteiger partial charge is 0.382 e. The van der Waals surface area contributed by atoms with Crippen LogP contribution < -0.4 is 5.32 Å². The zero-order valence-electron chi connectivity index (χ0n) is 18.3. The van der Waals surface area contributed by atoms with Crippen LogP contribution in [0.15, 0.2) is 48.8 Å². The Morgan fingerprint density at radius 2 is 1.85 bits per heavy atom. The van der Waals surface area contributed by atoms with E-state index < -0.39 is 11.4 Å². The zero-order valence-corrected chi connectivity index (χ0v) is 19.1. The van der Waals surface area contributed by atoms with Crippen molar-refractivity contribution in [2.24, 2.45) is 0 Å². The van der Waals surface area contributed by atoms with E-state index >= 15 is 0 Å². The molecule has 0 saturated carbocycles. The predicted molar refractivity (Wildman–Crippen MR) is 126 cm³/mol. The van der Waals surface area contributed by atoms with Crippen LogP contribution in [-0.4, -0.2) is 20.1 Å². The van der Waals surface area contributed by atoms with Crippen LogP contribution in [0.3, 0.4) is 0 Å². The van der Waals surface area contributed by atoms with Crippen molar-refractivity contribution in [2.75, 3.05) is 5.32 Å². The molecule has 0 atom stereocenters. The lowest BCUT2D eigenvalue weighted by molar-refractivity contribution is 0.0687. The standard InChI is InChI=1S/C25H21ClFN5O/c1-14-22(26)23(29-11-17-8-15(10-28)4-6-20(17)27)19-9-16(5-7-21(19)32-14)18-12-30-24(31-13-18)25(2,3)33/h4-9,12-13,33H,11H2,1-3H3,(H,29,32). The highest BCUT2D eigenvalue weighted by atomic mass is 35.5. The van der Waals surface area contributed by atoms with E-state index in [-0.39, 0.29) is 6.54 Å². The molecule has 0 spiro atoms. The minimum Gasteiger partial charge on any atom is -0.382 e. The summed E-state index contributed by atoms with van der Waals surface area (Å²) in [6, 6.07) is 12.0. The molecule has 0 radical (unpaired) electrons. The maximum absolute atomic E-state index is 14.3. The smallest absolute Gasteiger partial charge is 0.159 e. The van der Waals surface area contributed by atoms with Gasteiger partial charge in [-0.3, -0.25) is 4.98 Å². The molecule has 0 aliphatic rings. The molecular formula is C25H21ClFN5O. The third kappa shape index (κ3) is 4.63. The number of hydrogen-bond donors (Lipinski definition) is 2. The van der Waals surface area contributed by atoms with Crippen molar-refractivity contribution in [3.8, 4) is 17.2 Å². The third-order valence-electron chi connectivity index (χ3n) is 5.25. The Balaban J connectivity index is 1.75. The van der Waals surface area contributed by atoms with Crippen LogP contribution in [0.2, 0.25) is 5.02 Å². The topological polar surface area (TPSA) is 94.7 Å². The minimum absolute atomic E-state index is 0.146. The predicted octanol–water partition coefficient (Wildman–Crippen LogP) is 5.50. The van der Waals surface area contributed by atoms with Crippen molar-refractivity contribution in [2.45, 2.75) is 32.9 Å². The summed E-state index contributed by atoms with van der Waals surface area (Å²) in [5.74, 6) is -0.0752. The summed E-state index contributed by atoms with van der Waals surface area (Å²) >= 11 is 6.58. The van der Waals surface area contributed by atoms with E-state index in [1.165, 1.54) is 18.2 Å². The molecule has 166 valence electrons. The quantitative estimate of drug-likeness (QED) is 0.407. The van der Waals surface area contributed by atoms with Gasteiger partial charge in [0.05, 0.1) is 33.6 Å². The van der Waals surface area contributed by atoms with Crippen LogP contribution in [-0.2, 0) is 12.1 Å². The van der Waals surface area contributed by atoms with E-state index in [0.29, 0.717) is 33.4 Å². The van der Waals surface area contributed by atoms with Crippen molar-refractivity contribution in [3.63, 3.8) is 0 Å². The number of aromatic nitrogens is 3. The van der Waals surface area contributed by atoms with Gasteiger partial charge in [0, 0.05) is 35.5 Å². The lowest BCUT2D eigenvalue weighted by Gasteiger charge is -2.16. The van der Waals surface area contributed by atoms with Gasteiger partial charge in [0.15, 0.2) is 5.82 Å². The Kier molecular flexibility index (Phi) is 5.98. The van der Waals surface area contributed by atoms with E-state index in [9.17, 15) is 9.50 Å². The van der Waals surface area contributed by atoms with Crippen LogP contribution in [0.1, 0.15) is 36.5 Å².